The zero-order valence-corrected chi connectivity index (χ0v) is 14.7. The maximum Gasteiger partial charge on any atom is 0.0594 e. The van der Waals surface area contributed by atoms with E-state index in [-0.39, 0.29) is 0 Å². The molecule has 0 aromatic carbocycles. The van der Waals surface area contributed by atoms with E-state index >= 15 is 0 Å². The predicted octanol–water partition coefficient (Wildman–Crippen LogP) is 1.96. The van der Waals surface area contributed by atoms with Crippen molar-refractivity contribution >= 4 is 11.3 Å². The fraction of sp³-hybridized carbons (Fsp3) is 0.750. The molecule has 1 atom stereocenters. The van der Waals surface area contributed by atoms with Gasteiger partial charge in [-0.05, 0) is 45.1 Å². The lowest BCUT2D eigenvalue weighted by Gasteiger charge is -2.34. The molecule has 21 heavy (non-hydrogen) atoms. The van der Waals surface area contributed by atoms with Crippen molar-refractivity contribution in [3.05, 3.63) is 21.9 Å². The summed E-state index contributed by atoms with van der Waals surface area (Å²) in [4.78, 5) is 8.65. The molecule has 1 fully saturated rings. The minimum atomic E-state index is 0.597. The van der Waals surface area contributed by atoms with Gasteiger partial charge in [0.25, 0.3) is 0 Å². The maximum absolute atomic E-state index is 5.43. The van der Waals surface area contributed by atoms with Gasteiger partial charge in [-0.2, -0.15) is 0 Å². The Morgan fingerprint density at radius 1 is 1.24 bits per heavy atom. The van der Waals surface area contributed by atoms with Gasteiger partial charge in [0.15, 0.2) is 0 Å². The number of hydrogen-bond acceptors (Lipinski definition) is 5. The van der Waals surface area contributed by atoms with Crippen LogP contribution in [0.5, 0.6) is 0 Å². The smallest absolute Gasteiger partial charge is 0.0594 e. The molecule has 5 heteroatoms. The number of thiophene rings is 1. The highest BCUT2D eigenvalue weighted by molar-refractivity contribution is 7.10. The van der Waals surface area contributed by atoms with Gasteiger partial charge in [0.2, 0.25) is 0 Å². The van der Waals surface area contributed by atoms with E-state index in [0.717, 1.165) is 45.9 Å². The zero-order chi connectivity index (χ0) is 15.2. The van der Waals surface area contributed by atoms with Crippen molar-refractivity contribution in [2.24, 2.45) is 0 Å². The highest BCUT2D eigenvalue weighted by Crippen LogP contribution is 2.18. The van der Waals surface area contributed by atoms with Gasteiger partial charge in [0.1, 0.15) is 0 Å². The number of likely N-dealkylation sites (N-methyl/N-ethyl adjacent to an activating group) is 1. The molecule has 1 saturated heterocycles. The number of hydrogen-bond donors (Lipinski definition) is 0. The van der Waals surface area contributed by atoms with Crippen molar-refractivity contribution in [2.75, 3.05) is 54.0 Å². The minimum absolute atomic E-state index is 0.597. The summed E-state index contributed by atoms with van der Waals surface area (Å²) in [5.74, 6) is 0. The molecule has 0 bridgehead atoms. The second-order valence-corrected chi connectivity index (χ2v) is 7.35. The van der Waals surface area contributed by atoms with Gasteiger partial charge in [-0.15, -0.1) is 11.3 Å². The Kier molecular flexibility index (Phi) is 6.64. The molecular weight excluding hydrogens is 282 g/mol. The van der Waals surface area contributed by atoms with Crippen molar-refractivity contribution < 1.29 is 4.74 Å². The third kappa shape index (κ3) is 5.68. The zero-order valence-electron chi connectivity index (χ0n) is 13.8. The quantitative estimate of drug-likeness (QED) is 0.766. The molecule has 2 rings (SSSR count). The van der Waals surface area contributed by atoms with Gasteiger partial charge in [0.05, 0.1) is 13.2 Å². The second-order valence-electron chi connectivity index (χ2n) is 6.35. The van der Waals surface area contributed by atoms with Crippen LogP contribution in [-0.2, 0) is 17.8 Å². The van der Waals surface area contributed by atoms with E-state index in [9.17, 15) is 0 Å². The minimum Gasteiger partial charge on any atom is -0.379 e. The summed E-state index contributed by atoms with van der Waals surface area (Å²) >= 11 is 1.88. The van der Waals surface area contributed by atoms with E-state index in [0.29, 0.717) is 6.04 Å². The number of nitrogens with zero attached hydrogens (tertiary/aromatic N) is 3. The lowest BCUT2D eigenvalue weighted by molar-refractivity contribution is 0.0137. The molecule has 1 aromatic heterocycles. The molecule has 0 N–H and O–H groups in total. The Balaban J connectivity index is 1.77. The Hall–Kier alpha value is -0.460. The van der Waals surface area contributed by atoms with E-state index in [1.807, 2.05) is 11.3 Å². The first-order valence-electron chi connectivity index (χ1n) is 7.76. The third-order valence-electron chi connectivity index (χ3n) is 3.88. The molecule has 0 aliphatic carbocycles. The fourth-order valence-corrected chi connectivity index (χ4v) is 3.83. The van der Waals surface area contributed by atoms with Crippen molar-refractivity contribution in [1.82, 2.24) is 14.7 Å². The Bertz CT molecular complexity index is 415. The molecule has 0 saturated carbocycles. The van der Waals surface area contributed by atoms with Gasteiger partial charge in [-0.3, -0.25) is 9.80 Å². The summed E-state index contributed by atoms with van der Waals surface area (Å²) in [7, 11) is 6.46. The Morgan fingerprint density at radius 3 is 2.62 bits per heavy atom. The summed E-state index contributed by atoms with van der Waals surface area (Å²) in [5.41, 5.74) is 1.43. The van der Waals surface area contributed by atoms with Crippen LogP contribution >= 0.6 is 11.3 Å². The molecule has 0 spiro atoms. The number of morpholine rings is 1. The van der Waals surface area contributed by atoms with Crippen LogP contribution in [0.2, 0.25) is 0 Å². The molecule has 1 aliphatic rings. The van der Waals surface area contributed by atoms with Crippen molar-refractivity contribution in [1.29, 1.82) is 0 Å². The molecule has 0 amide bonds. The van der Waals surface area contributed by atoms with E-state index in [1.165, 1.54) is 10.4 Å². The first-order chi connectivity index (χ1) is 10.0. The molecule has 120 valence electrons. The first-order valence-corrected chi connectivity index (χ1v) is 8.64. The number of ether oxygens (including phenoxy) is 1. The summed E-state index contributed by atoms with van der Waals surface area (Å²) in [6.07, 6.45) is 0. The molecule has 4 nitrogen and oxygen atoms in total. The van der Waals surface area contributed by atoms with Crippen LogP contribution in [0.1, 0.15) is 17.4 Å². The van der Waals surface area contributed by atoms with E-state index in [4.69, 9.17) is 4.74 Å². The predicted molar refractivity (Wildman–Crippen MR) is 89.9 cm³/mol. The second kappa shape index (κ2) is 8.25. The Morgan fingerprint density at radius 2 is 1.95 bits per heavy atom. The lowest BCUT2D eigenvalue weighted by atomic mass is 10.2. The van der Waals surface area contributed by atoms with Crippen LogP contribution in [0, 0.1) is 0 Å². The van der Waals surface area contributed by atoms with E-state index in [2.05, 4.69) is 54.2 Å². The highest BCUT2D eigenvalue weighted by atomic mass is 32.1. The van der Waals surface area contributed by atoms with E-state index < -0.39 is 0 Å². The average Bonchev–Trinajstić information content (AvgIpc) is 2.85. The summed E-state index contributed by atoms with van der Waals surface area (Å²) in [6.45, 7) is 9.42. The van der Waals surface area contributed by atoms with Crippen LogP contribution in [0.4, 0.5) is 0 Å². The van der Waals surface area contributed by atoms with Crippen molar-refractivity contribution in [2.45, 2.75) is 26.1 Å². The Labute approximate surface area is 133 Å². The van der Waals surface area contributed by atoms with Crippen molar-refractivity contribution in [3.8, 4) is 0 Å². The van der Waals surface area contributed by atoms with Crippen LogP contribution in [0.3, 0.4) is 0 Å². The topological polar surface area (TPSA) is 19.0 Å². The monoisotopic (exact) mass is 311 g/mol. The van der Waals surface area contributed by atoms with Gasteiger partial charge in [-0.25, -0.2) is 0 Å². The molecule has 0 radical (unpaired) electrons. The van der Waals surface area contributed by atoms with Gasteiger partial charge < -0.3 is 9.64 Å². The van der Waals surface area contributed by atoms with Crippen LogP contribution in [0.25, 0.3) is 0 Å². The summed E-state index contributed by atoms with van der Waals surface area (Å²) < 4.78 is 5.43. The van der Waals surface area contributed by atoms with Crippen LogP contribution < -0.4 is 0 Å². The normalized spacial score (nSPS) is 18.6. The first kappa shape index (κ1) is 16.9. The van der Waals surface area contributed by atoms with Gasteiger partial charge >= 0.3 is 0 Å². The van der Waals surface area contributed by atoms with Gasteiger partial charge in [0, 0.05) is 43.6 Å². The largest absolute Gasteiger partial charge is 0.379 e. The highest BCUT2D eigenvalue weighted by Gasteiger charge is 2.18. The SMILES string of the molecule is CC(CN(C)Cc1cc(CN(C)C)cs1)N1CCOCC1. The molecule has 1 aliphatic heterocycles. The molecular formula is C16H29N3OS. The molecule has 1 aromatic rings. The standard InChI is InChI=1S/C16H29N3OS/c1-14(19-5-7-20-8-6-19)10-18(4)12-16-9-15(13-21-16)11-17(2)3/h9,13-14H,5-8,10-12H2,1-4H3. The van der Waals surface area contributed by atoms with Crippen molar-refractivity contribution in [3.63, 3.8) is 0 Å². The maximum atomic E-state index is 5.43. The number of rotatable bonds is 7. The average molecular weight is 311 g/mol. The van der Waals surface area contributed by atoms with Gasteiger partial charge in [-0.1, -0.05) is 0 Å². The summed E-state index contributed by atoms with van der Waals surface area (Å²) in [6, 6.07) is 2.95. The van der Waals surface area contributed by atoms with E-state index in [1.54, 1.807) is 0 Å². The third-order valence-corrected chi connectivity index (χ3v) is 4.85. The summed E-state index contributed by atoms with van der Waals surface area (Å²) in [5, 5.41) is 2.29. The molecule has 1 unspecified atom stereocenters. The lowest BCUT2D eigenvalue weighted by Crippen LogP contribution is -2.46. The van der Waals surface area contributed by atoms with Crippen LogP contribution in [0.15, 0.2) is 11.4 Å². The van der Waals surface area contributed by atoms with Crippen LogP contribution in [-0.4, -0.2) is 74.7 Å². The molecule has 2 heterocycles. The fourth-order valence-electron chi connectivity index (χ4n) is 2.87.